The van der Waals surface area contributed by atoms with Gasteiger partial charge in [-0.25, -0.2) is 4.98 Å². The minimum Gasteiger partial charge on any atom is -0.322 e. The van der Waals surface area contributed by atoms with E-state index < -0.39 is 0 Å². The van der Waals surface area contributed by atoms with E-state index in [0.29, 0.717) is 5.56 Å². The number of benzene rings is 3. The van der Waals surface area contributed by atoms with Crippen LogP contribution in [0.4, 0.5) is 5.69 Å². The zero-order valence-corrected chi connectivity index (χ0v) is 15.4. The van der Waals surface area contributed by atoms with E-state index in [-0.39, 0.29) is 5.91 Å². The molecule has 0 aliphatic carbocycles. The van der Waals surface area contributed by atoms with Gasteiger partial charge in [-0.15, -0.1) is 0 Å². The molecule has 0 saturated carbocycles. The number of nitrogens with one attached hydrogen (secondary N) is 1. The van der Waals surface area contributed by atoms with Crippen LogP contribution >= 0.6 is 15.9 Å². The molecule has 3 nitrogen and oxygen atoms in total. The molecular weight excluding hydrogens is 388 g/mol. The van der Waals surface area contributed by atoms with E-state index in [1.54, 1.807) is 0 Å². The van der Waals surface area contributed by atoms with Crippen LogP contribution in [0, 0.1) is 0 Å². The molecule has 26 heavy (non-hydrogen) atoms. The maximum absolute atomic E-state index is 12.9. The predicted octanol–water partition coefficient (Wildman–Crippen LogP) is 5.92. The lowest BCUT2D eigenvalue weighted by Gasteiger charge is -2.11. The summed E-state index contributed by atoms with van der Waals surface area (Å²) in [5, 5.41) is 3.80. The predicted molar refractivity (Wildman–Crippen MR) is 109 cm³/mol. The Labute approximate surface area is 159 Å². The Morgan fingerprint density at radius 2 is 1.54 bits per heavy atom. The lowest BCUT2D eigenvalue weighted by molar-refractivity contribution is 0.102. The van der Waals surface area contributed by atoms with Crippen molar-refractivity contribution >= 4 is 38.4 Å². The van der Waals surface area contributed by atoms with Crippen molar-refractivity contribution in [2.45, 2.75) is 0 Å². The van der Waals surface area contributed by atoms with E-state index in [0.717, 1.165) is 32.3 Å². The molecule has 0 atom stereocenters. The van der Waals surface area contributed by atoms with Crippen LogP contribution in [-0.4, -0.2) is 10.9 Å². The van der Waals surface area contributed by atoms with Gasteiger partial charge in [-0.2, -0.15) is 0 Å². The van der Waals surface area contributed by atoms with Crippen LogP contribution < -0.4 is 5.32 Å². The SMILES string of the molecule is O=C(Nc1ccccc1)c1cc(-c2ccc(Br)cc2)nc2ccccc12. The molecule has 4 heteroatoms. The van der Waals surface area contributed by atoms with Gasteiger partial charge in [-0.1, -0.05) is 64.5 Å². The fourth-order valence-corrected chi connectivity index (χ4v) is 3.12. The Bertz CT molecular complexity index is 1080. The second kappa shape index (κ2) is 7.10. The number of hydrogen-bond acceptors (Lipinski definition) is 2. The van der Waals surface area contributed by atoms with Crippen molar-refractivity contribution in [1.82, 2.24) is 4.98 Å². The third-order valence-electron chi connectivity index (χ3n) is 4.13. The molecule has 4 aromatic rings. The molecule has 4 rings (SSSR count). The van der Waals surface area contributed by atoms with Crippen molar-refractivity contribution in [3.63, 3.8) is 0 Å². The highest BCUT2D eigenvalue weighted by molar-refractivity contribution is 9.10. The van der Waals surface area contributed by atoms with Gasteiger partial charge in [0.1, 0.15) is 0 Å². The first-order valence-corrected chi connectivity index (χ1v) is 9.02. The first-order valence-electron chi connectivity index (χ1n) is 8.23. The normalized spacial score (nSPS) is 10.7. The minimum absolute atomic E-state index is 0.145. The average Bonchev–Trinajstić information content (AvgIpc) is 2.68. The molecule has 0 radical (unpaired) electrons. The third kappa shape index (κ3) is 3.37. The van der Waals surface area contributed by atoms with Crippen molar-refractivity contribution in [3.05, 3.63) is 95.0 Å². The van der Waals surface area contributed by atoms with E-state index >= 15 is 0 Å². The number of nitrogens with zero attached hydrogens (tertiary/aromatic N) is 1. The molecule has 0 aliphatic rings. The van der Waals surface area contributed by atoms with Gasteiger partial charge >= 0.3 is 0 Å². The second-order valence-corrected chi connectivity index (χ2v) is 6.81. The average molecular weight is 403 g/mol. The number of hydrogen-bond donors (Lipinski definition) is 1. The highest BCUT2D eigenvalue weighted by Crippen LogP contribution is 2.26. The molecule has 126 valence electrons. The molecule has 0 fully saturated rings. The van der Waals surface area contributed by atoms with Gasteiger partial charge in [0.25, 0.3) is 5.91 Å². The first-order chi connectivity index (χ1) is 12.7. The molecule has 0 bridgehead atoms. The molecule has 0 unspecified atom stereocenters. The number of pyridine rings is 1. The van der Waals surface area contributed by atoms with Crippen LogP contribution in [0.15, 0.2) is 89.4 Å². The van der Waals surface area contributed by atoms with E-state index in [9.17, 15) is 4.79 Å². The number of rotatable bonds is 3. The lowest BCUT2D eigenvalue weighted by atomic mass is 10.0. The molecule has 1 aromatic heterocycles. The van der Waals surface area contributed by atoms with Crippen LogP contribution in [0.5, 0.6) is 0 Å². The summed E-state index contributed by atoms with van der Waals surface area (Å²) in [6.45, 7) is 0. The summed E-state index contributed by atoms with van der Waals surface area (Å²) in [7, 11) is 0. The van der Waals surface area contributed by atoms with Gasteiger partial charge in [0.2, 0.25) is 0 Å². The summed E-state index contributed by atoms with van der Waals surface area (Å²) in [5.41, 5.74) is 3.91. The van der Waals surface area contributed by atoms with Crippen molar-refractivity contribution in [1.29, 1.82) is 0 Å². The smallest absolute Gasteiger partial charge is 0.256 e. The number of aromatic nitrogens is 1. The van der Waals surface area contributed by atoms with Crippen LogP contribution in [0.25, 0.3) is 22.2 Å². The van der Waals surface area contributed by atoms with Crippen LogP contribution in [-0.2, 0) is 0 Å². The summed E-state index contributed by atoms with van der Waals surface area (Å²) in [6, 6.07) is 26.9. The summed E-state index contributed by atoms with van der Waals surface area (Å²) in [4.78, 5) is 17.6. The fraction of sp³-hybridized carbons (Fsp3) is 0. The Morgan fingerprint density at radius 3 is 2.31 bits per heavy atom. The third-order valence-corrected chi connectivity index (χ3v) is 4.66. The van der Waals surface area contributed by atoms with Crippen molar-refractivity contribution in [2.24, 2.45) is 0 Å². The van der Waals surface area contributed by atoms with Crippen molar-refractivity contribution < 1.29 is 4.79 Å². The monoisotopic (exact) mass is 402 g/mol. The Morgan fingerprint density at radius 1 is 0.846 bits per heavy atom. The molecule has 0 aliphatic heterocycles. The largest absolute Gasteiger partial charge is 0.322 e. The topological polar surface area (TPSA) is 42.0 Å². The zero-order chi connectivity index (χ0) is 17.9. The van der Waals surface area contributed by atoms with Crippen LogP contribution in [0.2, 0.25) is 0 Å². The number of anilines is 1. The van der Waals surface area contributed by atoms with Crippen LogP contribution in [0.1, 0.15) is 10.4 Å². The molecule has 0 saturated heterocycles. The number of halogens is 1. The van der Waals surface area contributed by atoms with Crippen molar-refractivity contribution in [3.8, 4) is 11.3 Å². The van der Waals surface area contributed by atoms with Crippen LogP contribution in [0.3, 0.4) is 0 Å². The van der Waals surface area contributed by atoms with E-state index in [1.807, 2.05) is 84.9 Å². The van der Waals surface area contributed by atoms with Gasteiger partial charge in [0.15, 0.2) is 0 Å². The first kappa shape index (κ1) is 16.5. The van der Waals surface area contributed by atoms with Gasteiger partial charge in [0.05, 0.1) is 16.8 Å². The Hall–Kier alpha value is -2.98. The summed E-state index contributed by atoms with van der Waals surface area (Å²) in [5.74, 6) is -0.145. The molecule has 0 spiro atoms. The number of fused-ring (bicyclic) bond motifs is 1. The molecular formula is C22H15BrN2O. The highest BCUT2D eigenvalue weighted by atomic mass is 79.9. The number of carbonyl (C=O) groups is 1. The number of para-hydroxylation sites is 2. The van der Waals surface area contributed by atoms with Gasteiger partial charge in [-0.3, -0.25) is 4.79 Å². The van der Waals surface area contributed by atoms with Crippen molar-refractivity contribution in [2.75, 3.05) is 5.32 Å². The zero-order valence-electron chi connectivity index (χ0n) is 13.8. The Balaban J connectivity index is 1.82. The van der Waals surface area contributed by atoms with Gasteiger partial charge < -0.3 is 5.32 Å². The maximum atomic E-state index is 12.9. The molecule has 1 N–H and O–H groups in total. The van der Waals surface area contributed by atoms with Gasteiger partial charge in [-0.05, 0) is 36.4 Å². The van der Waals surface area contributed by atoms with Gasteiger partial charge in [0, 0.05) is 21.1 Å². The highest BCUT2D eigenvalue weighted by Gasteiger charge is 2.14. The maximum Gasteiger partial charge on any atom is 0.256 e. The Kier molecular flexibility index (Phi) is 4.50. The number of amides is 1. The minimum atomic E-state index is -0.145. The summed E-state index contributed by atoms with van der Waals surface area (Å²) < 4.78 is 1.00. The number of carbonyl (C=O) groups excluding carboxylic acids is 1. The van der Waals surface area contributed by atoms with E-state index in [4.69, 9.17) is 4.98 Å². The molecule has 1 heterocycles. The molecule has 1 amide bonds. The molecule has 3 aromatic carbocycles. The summed E-state index contributed by atoms with van der Waals surface area (Å²) >= 11 is 3.45. The summed E-state index contributed by atoms with van der Waals surface area (Å²) in [6.07, 6.45) is 0. The van der Waals surface area contributed by atoms with E-state index in [2.05, 4.69) is 21.2 Å². The van der Waals surface area contributed by atoms with E-state index in [1.165, 1.54) is 0 Å². The lowest BCUT2D eigenvalue weighted by Crippen LogP contribution is -2.13. The fourth-order valence-electron chi connectivity index (χ4n) is 2.85. The standard InChI is InChI=1S/C22H15BrN2O/c23-16-12-10-15(11-13-16)21-14-19(18-8-4-5-9-20(18)25-21)22(26)24-17-6-2-1-3-7-17/h1-14H,(H,24,26). The second-order valence-electron chi connectivity index (χ2n) is 5.90. The quantitative estimate of drug-likeness (QED) is 0.462.